The number of benzene rings is 3. The molecule has 4 aromatic heterocycles. The first-order chi connectivity index (χ1) is 35.5. The topological polar surface area (TPSA) is 202 Å². The van der Waals surface area contributed by atoms with Gasteiger partial charge in [-0.15, -0.1) is 11.3 Å². The van der Waals surface area contributed by atoms with Gasteiger partial charge in [0.05, 0.1) is 44.3 Å². The van der Waals surface area contributed by atoms with Crippen molar-refractivity contribution in [3.63, 3.8) is 0 Å². The minimum absolute atomic E-state index is 0.0135. The molecule has 0 spiro atoms. The molecule has 74 heavy (non-hydrogen) atoms. The Hall–Kier alpha value is -7.24. The molecule has 0 aliphatic carbocycles. The van der Waals surface area contributed by atoms with Crippen LogP contribution in [0.5, 0.6) is 11.8 Å². The van der Waals surface area contributed by atoms with Crippen LogP contribution in [0.15, 0.2) is 59.4 Å². The minimum Gasteiger partial charge on any atom is -0.489 e. The van der Waals surface area contributed by atoms with Crippen molar-refractivity contribution in [2.75, 3.05) is 57.1 Å². The van der Waals surface area contributed by atoms with Crippen molar-refractivity contribution in [3.05, 3.63) is 109 Å². The van der Waals surface area contributed by atoms with E-state index in [0.29, 0.717) is 46.8 Å². The highest BCUT2D eigenvalue weighted by atomic mass is 35.5. The third-order valence-corrected chi connectivity index (χ3v) is 16.5. The van der Waals surface area contributed by atoms with Crippen molar-refractivity contribution in [1.82, 2.24) is 29.3 Å². The van der Waals surface area contributed by atoms with Crippen LogP contribution in [0.1, 0.15) is 67.9 Å². The number of rotatable bonds is 11. The summed E-state index contributed by atoms with van der Waals surface area (Å²) in [6, 6.07) is 13.1. The van der Waals surface area contributed by atoms with Gasteiger partial charge in [-0.25, -0.2) is 18.6 Å². The minimum atomic E-state index is -1.93. The summed E-state index contributed by atoms with van der Waals surface area (Å²) in [5, 5.41) is 22.7. The molecular weight excluding hydrogens is 992 g/mol. The number of likely N-dealkylation sites (tertiary alicyclic amines) is 1. The number of nitrogens with zero attached hydrogens (tertiary/aromatic N) is 8. The number of cyclic esters (lactones) is 1. The van der Waals surface area contributed by atoms with Gasteiger partial charge in [0, 0.05) is 70.1 Å². The Morgan fingerprint density at radius 3 is 2.62 bits per heavy atom. The van der Waals surface area contributed by atoms with Crippen molar-refractivity contribution in [1.29, 1.82) is 5.26 Å². The lowest BCUT2D eigenvalue weighted by molar-refractivity contribution is -0.172. The predicted molar refractivity (Wildman–Crippen MR) is 277 cm³/mol. The van der Waals surface area contributed by atoms with Gasteiger partial charge in [-0.2, -0.15) is 15.2 Å². The Balaban J connectivity index is 0.837. The molecule has 16 nitrogen and oxygen atoms in total. The van der Waals surface area contributed by atoms with Gasteiger partial charge in [0.1, 0.15) is 53.8 Å². The Labute approximate surface area is 432 Å². The first kappa shape index (κ1) is 49.0. The fourth-order valence-electron chi connectivity index (χ4n) is 11.1. The van der Waals surface area contributed by atoms with Gasteiger partial charge in [-0.3, -0.25) is 9.59 Å². The third-order valence-electron chi connectivity index (χ3n) is 15.2. The molecule has 8 heterocycles. The molecule has 2 saturated heterocycles. The van der Waals surface area contributed by atoms with Gasteiger partial charge >= 0.3 is 12.0 Å². The van der Waals surface area contributed by atoms with E-state index >= 15 is 8.78 Å². The Bertz CT molecular complexity index is 3690. The average Bonchev–Trinajstić information content (AvgIpc) is 4.09. The summed E-state index contributed by atoms with van der Waals surface area (Å²) in [4.78, 5) is 60.9. The number of aliphatic hydroxyl groups is 1. The molecule has 380 valence electrons. The number of halogens is 3. The number of pyridine rings is 2. The van der Waals surface area contributed by atoms with E-state index in [1.807, 2.05) is 44.0 Å². The lowest BCUT2D eigenvalue weighted by Gasteiger charge is -2.41. The van der Waals surface area contributed by atoms with Crippen LogP contribution in [-0.4, -0.2) is 105 Å². The van der Waals surface area contributed by atoms with Crippen molar-refractivity contribution in [2.45, 2.75) is 77.3 Å². The summed E-state index contributed by atoms with van der Waals surface area (Å²) < 4.78 is 51.8. The number of esters is 1. The summed E-state index contributed by atoms with van der Waals surface area (Å²) in [6.45, 7) is 11.7. The second kappa shape index (κ2) is 18.6. The van der Waals surface area contributed by atoms with Gasteiger partial charge in [-0.05, 0) is 93.7 Å². The lowest BCUT2D eigenvalue weighted by Crippen LogP contribution is -2.54. The number of thiophene rings is 1. The van der Waals surface area contributed by atoms with Crippen molar-refractivity contribution in [3.8, 4) is 40.3 Å². The molecule has 4 aliphatic rings. The maximum absolute atomic E-state index is 17.3. The summed E-state index contributed by atoms with van der Waals surface area (Å²) >= 11 is 7.87. The number of aryl methyl sites for hydroxylation is 1. The highest BCUT2D eigenvalue weighted by molar-refractivity contribution is 7.23. The first-order valence-electron chi connectivity index (χ1n) is 24.5. The molecule has 4 aliphatic heterocycles. The number of likely N-dealkylation sites (N-methyl/N-ethyl adjacent to an activating group) is 1. The number of hydrogen-bond acceptors (Lipinski definition) is 15. The molecule has 3 N–H and O–H groups in total. The molecule has 0 unspecified atom stereocenters. The van der Waals surface area contributed by atoms with Crippen LogP contribution in [0.2, 0.25) is 5.02 Å². The number of carbonyl (C=O) groups is 2. The molecule has 2 fully saturated rings. The van der Waals surface area contributed by atoms with Crippen molar-refractivity contribution in [2.24, 2.45) is 0 Å². The van der Waals surface area contributed by atoms with Gasteiger partial charge in [0.25, 0.3) is 11.5 Å². The Morgan fingerprint density at radius 2 is 1.89 bits per heavy atom. The van der Waals surface area contributed by atoms with Crippen LogP contribution in [0.25, 0.3) is 54.4 Å². The molecule has 3 aromatic carbocycles. The quantitative estimate of drug-likeness (QED) is 0.0932. The predicted octanol–water partition coefficient (Wildman–Crippen LogP) is 8.00. The van der Waals surface area contributed by atoms with Gasteiger partial charge < -0.3 is 44.3 Å². The molecule has 3 atom stereocenters. The van der Waals surface area contributed by atoms with E-state index in [9.17, 15) is 24.8 Å². The van der Waals surface area contributed by atoms with E-state index < -0.39 is 23.2 Å². The number of nitriles is 1. The fourth-order valence-corrected chi connectivity index (χ4v) is 12.3. The van der Waals surface area contributed by atoms with E-state index in [4.69, 9.17) is 41.5 Å². The second-order valence-electron chi connectivity index (χ2n) is 19.4. The molecule has 0 bridgehead atoms. The van der Waals surface area contributed by atoms with Gasteiger partial charge in [-0.1, -0.05) is 38.1 Å². The highest BCUT2D eigenvalue weighted by Crippen LogP contribution is 2.47. The zero-order valence-electron chi connectivity index (χ0n) is 41.0. The largest absolute Gasteiger partial charge is 0.489 e. The molecule has 7 aromatic rings. The number of nitrogen functional groups attached to an aromatic ring is 1. The normalized spacial score (nSPS) is 19.4. The molecule has 0 saturated carbocycles. The summed E-state index contributed by atoms with van der Waals surface area (Å²) in [5.41, 5.74) is 8.27. The number of carbonyl (C=O) groups excluding carboxylic acids is 2. The van der Waals surface area contributed by atoms with E-state index in [0.717, 1.165) is 47.2 Å². The van der Waals surface area contributed by atoms with Crippen LogP contribution >= 0.6 is 22.9 Å². The van der Waals surface area contributed by atoms with E-state index in [1.165, 1.54) is 12.1 Å². The van der Waals surface area contributed by atoms with Crippen molar-refractivity contribution >= 4 is 77.5 Å². The summed E-state index contributed by atoms with van der Waals surface area (Å²) in [6.07, 6.45) is 2.58. The maximum atomic E-state index is 17.3. The smallest absolute Gasteiger partial charge is 0.343 e. The van der Waals surface area contributed by atoms with E-state index in [2.05, 4.69) is 16.5 Å². The zero-order chi connectivity index (χ0) is 52.1. The fraction of sp³-hybridized carbons (Fsp3) is 0.352. The number of anilines is 2. The first-order valence-corrected chi connectivity index (χ1v) is 25.7. The molecular formula is C54H50ClF2N9O7S. The van der Waals surface area contributed by atoms with Crippen LogP contribution in [0, 0.1) is 23.0 Å². The number of nitrogens with two attached hydrogens (primary N) is 1. The summed E-state index contributed by atoms with van der Waals surface area (Å²) in [7, 11) is 2.02. The van der Waals surface area contributed by atoms with E-state index in [1.54, 1.807) is 34.6 Å². The Kier molecular flexibility index (Phi) is 12.3. The maximum Gasteiger partial charge on any atom is 0.343 e. The van der Waals surface area contributed by atoms with Crippen molar-refractivity contribution < 1.29 is 37.7 Å². The molecule has 11 rings (SSSR count). The van der Waals surface area contributed by atoms with Gasteiger partial charge in [0.2, 0.25) is 0 Å². The molecule has 1 amide bonds. The van der Waals surface area contributed by atoms with Crippen LogP contribution in [0.4, 0.5) is 19.6 Å². The number of amides is 1. The SMILES string of the molecule is C=C(COc1ccc2nc3c(c(CC)c2c1)Cn1c-3cc2c(c1=O)COC(=O)[C@]2(O)CC)C(=O)N1CCN(c2nc(OC[C@@H]3CCCN3C)nc3c(F)c(-c4ccc(F)c5sc(N)c(C#N)c45)c(Cl)cc23)[C@@H](C)C1. The number of hydrogen-bond donors (Lipinski definition) is 2. The summed E-state index contributed by atoms with van der Waals surface area (Å²) in [5.74, 6) is -1.65. The zero-order valence-corrected chi connectivity index (χ0v) is 42.6. The standard InChI is InChI=1S/C54H50ClF2N9O7S/c1-6-30-32-17-29(10-13-40(32)60-45-35(30)22-66-41(45)19-37-36(51(66)68)25-72-52(69)54(37,70)7-2)71-23-26(3)50(67)64-15-16-65(27(4)21-64)49-33-18-38(55)43(31-11-12-39(56)47-42(31)34(20-58)48(59)74-47)44(57)46(33)61-53(62-49)73-24-28-9-8-14-63(28)5/h10-13,17-19,27-28,70H,3,6-9,14-16,21-25,59H2,1-2,4-5H3/t27-,28-,54-/m0/s1. The van der Waals surface area contributed by atoms with Crippen LogP contribution in [0.3, 0.4) is 0 Å². The second-order valence-corrected chi connectivity index (χ2v) is 20.8. The van der Waals surface area contributed by atoms with Crippen LogP contribution in [-0.2, 0) is 39.5 Å². The van der Waals surface area contributed by atoms with E-state index in [-0.39, 0.29) is 134 Å². The Morgan fingerprint density at radius 1 is 1.08 bits per heavy atom. The van der Waals surface area contributed by atoms with Crippen LogP contribution < -0.4 is 25.7 Å². The number of ether oxygens (including phenoxy) is 3. The monoisotopic (exact) mass is 1040 g/mol. The number of fused-ring (bicyclic) bond motifs is 7. The van der Waals surface area contributed by atoms with Gasteiger partial charge in [0.15, 0.2) is 11.4 Å². The number of aromatic nitrogens is 4. The third kappa shape index (κ3) is 7.80. The average molecular weight is 1040 g/mol. The molecule has 20 heteroatoms. The number of piperazine rings is 1. The molecule has 0 radical (unpaired) electrons. The highest BCUT2D eigenvalue weighted by Gasteiger charge is 2.46. The lowest BCUT2D eigenvalue weighted by atomic mass is 9.86.